The van der Waals surface area contributed by atoms with Crippen molar-refractivity contribution in [3.05, 3.63) is 89.5 Å². The number of rotatable bonds is 5. The smallest absolute Gasteiger partial charge is 0.230 e. The molecule has 5 aromatic rings. The predicted molar refractivity (Wildman–Crippen MR) is 129 cm³/mol. The molecular weight excluding hydrogens is 434 g/mol. The predicted octanol–water partition coefficient (Wildman–Crippen LogP) is 4.67. The Morgan fingerprint density at radius 3 is 2.27 bits per heavy atom. The first-order valence-electron chi connectivity index (χ1n) is 11.0. The summed E-state index contributed by atoms with van der Waals surface area (Å²) in [5, 5.41) is 15.7. The number of hydrogen-bond acceptors (Lipinski definition) is 7. The van der Waals surface area contributed by atoms with E-state index >= 15 is 0 Å². The largest absolute Gasteiger partial charge is 0.492 e. The average Bonchev–Trinajstić information content (AvgIpc) is 3.60. The standard InChI is InChI=1S/C25H23N5O2S/c31-24-22(33-25-26-23(27-30(24)25)20-12-7-17-32-20)21(18-8-3-1-4-9-18)29-15-13-28(14-16-29)19-10-5-2-6-11-19/h1-12,17,21,31H,13-16H2. The molecule has 1 unspecified atom stereocenters. The summed E-state index contributed by atoms with van der Waals surface area (Å²) in [6.45, 7) is 3.63. The first kappa shape index (κ1) is 20.0. The van der Waals surface area contributed by atoms with Crippen molar-refractivity contribution < 1.29 is 9.52 Å². The fourth-order valence-electron chi connectivity index (χ4n) is 4.48. The van der Waals surface area contributed by atoms with Crippen molar-refractivity contribution >= 4 is 22.0 Å². The van der Waals surface area contributed by atoms with Crippen LogP contribution in [-0.4, -0.2) is 50.8 Å². The lowest BCUT2D eigenvalue weighted by molar-refractivity contribution is 0.211. The Morgan fingerprint density at radius 1 is 0.879 bits per heavy atom. The van der Waals surface area contributed by atoms with Gasteiger partial charge in [0.25, 0.3) is 0 Å². The number of fused-ring (bicyclic) bond motifs is 1. The van der Waals surface area contributed by atoms with Gasteiger partial charge in [0.2, 0.25) is 16.7 Å². The van der Waals surface area contributed by atoms with E-state index in [1.807, 2.05) is 30.3 Å². The number of anilines is 1. The van der Waals surface area contributed by atoms with Crippen molar-refractivity contribution in [2.24, 2.45) is 0 Å². The van der Waals surface area contributed by atoms with Crippen molar-refractivity contribution in [2.45, 2.75) is 6.04 Å². The van der Waals surface area contributed by atoms with Gasteiger partial charge < -0.3 is 14.4 Å². The summed E-state index contributed by atoms with van der Waals surface area (Å²) in [6.07, 6.45) is 1.59. The number of aromatic hydroxyl groups is 1. The van der Waals surface area contributed by atoms with Crippen molar-refractivity contribution in [1.29, 1.82) is 0 Å². The molecule has 8 heteroatoms. The molecule has 33 heavy (non-hydrogen) atoms. The van der Waals surface area contributed by atoms with Crippen LogP contribution in [0.1, 0.15) is 16.5 Å². The molecule has 0 aliphatic carbocycles. The van der Waals surface area contributed by atoms with E-state index in [0.717, 1.165) is 36.6 Å². The van der Waals surface area contributed by atoms with Gasteiger partial charge in [-0.1, -0.05) is 59.9 Å². The van der Waals surface area contributed by atoms with Crippen molar-refractivity contribution in [2.75, 3.05) is 31.1 Å². The van der Waals surface area contributed by atoms with Crippen molar-refractivity contribution in [3.63, 3.8) is 0 Å². The second-order valence-electron chi connectivity index (χ2n) is 8.07. The van der Waals surface area contributed by atoms with E-state index in [4.69, 9.17) is 4.42 Å². The molecule has 1 saturated heterocycles. The number of thiazole rings is 1. The van der Waals surface area contributed by atoms with Crippen molar-refractivity contribution in [1.82, 2.24) is 19.5 Å². The maximum Gasteiger partial charge on any atom is 0.230 e. The molecule has 0 spiro atoms. The van der Waals surface area contributed by atoms with Crippen LogP contribution >= 0.6 is 11.3 Å². The van der Waals surface area contributed by atoms with E-state index in [-0.39, 0.29) is 11.9 Å². The maximum absolute atomic E-state index is 11.2. The van der Waals surface area contributed by atoms with Crippen molar-refractivity contribution in [3.8, 4) is 17.5 Å². The zero-order valence-corrected chi connectivity index (χ0v) is 18.7. The van der Waals surface area contributed by atoms with E-state index in [1.165, 1.54) is 21.5 Å². The Hall–Kier alpha value is -3.62. The third-order valence-electron chi connectivity index (χ3n) is 6.11. The number of furan rings is 1. The third-order valence-corrected chi connectivity index (χ3v) is 7.18. The van der Waals surface area contributed by atoms with Gasteiger partial charge in [-0.25, -0.2) is 0 Å². The minimum Gasteiger partial charge on any atom is -0.492 e. The lowest BCUT2D eigenvalue weighted by Crippen LogP contribution is -2.47. The minimum atomic E-state index is -0.0651. The molecule has 0 radical (unpaired) electrons. The molecule has 1 aliphatic heterocycles. The van der Waals surface area contributed by atoms with Gasteiger partial charge in [-0.3, -0.25) is 4.90 Å². The molecule has 7 nitrogen and oxygen atoms in total. The van der Waals surface area contributed by atoms with Crippen LogP contribution in [-0.2, 0) is 0 Å². The highest BCUT2D eigenvalue weighted by atomic mass is 32.1. The summed E-state index contributed by atoms with van der Waals surface area (Å²) in [4.78, 5) is 11.0. The number of benzene rings is 2. The Bertz CT molecular complexity index is 1340. The second kappa shape index (κ2) is 8.38. The number of hydrogen-bond donors (Lipinski definition) is 1. The highest BCUT2D eigenvalue weighted by Gasteiger charge is 2.32. The second-order valence-corrected chi connectivity index (χ2v) is 9.08. The summed E-state index contributed by atoms with van der Waals surface area (Å²) in [6, 6.07) is 24.4. The molecule has 4 heterocycles. The summed E-state index contributed by atoms with van der Waals surface area (Å²) < 4.78 is 6.94. The molecule has 0 amide bonds. The van der Waals surface area contributed by atoms with E-state index in [1.54, 1.807) is 12.3 Å². The molecular formula is C25H23N5O2S. The maximum atomic E-state index is 11.2. The van der Waals surface area contributed by atoms with E-state index in [2.05, 4.69) is 56.3 Å². The summed E-state index contributed by atoms with van der Waals surface area (Å²) in [5.41, 5.74) is 2.40. The summed E-state index contributed by atoms with van der Waals surface area (Å²) >= 11 is 1.48. The normalized spacial score (nSPS) is 15.8. The highest BCUT2D eigenvalue weighted by Crippen LogP contribution is 2.41. The first-order chi connectivity index (χ1) is 16.3. The molecule has 1 atom stereocenters. The quantitative estimate of drug-likeness (QED) is 0.414. The van der Waals surface area contributed by atoms with Gasteiger partial charge in [0.15, 0.2) is 5.76 Å². The summed E-state index contributed by atoms with van der Waals surface area (Å²) in [5.74, 6) is 1.20. The fourth-order valence-corrected chi connectivity index (χ4v) is 5.60. The SMILES string of the molecule is Oc1c(C(c2ccccc2)N2CCN(c3ccccc3)CC2)sc2nc(-c3ccco3)nn12. The number of piperazine rings is 1. The Labute approximate surface area is 195 Å². The van der Waals surface area contributed by atoms with Gasteiger partial charge in [-0.05, 0) is 29.8 Å². The molecule has 6 rings (SSSR count). The number of para-hydroxylation sites is 1. The van der Waals surface area contributed by atoms with Crippen LogP contribution in [0, 0.1) is 0 Å². The molecule has 0 saturated carbocycles. The van der Waals surface area contributed by atoms with Crippen LogP contribution in [0.5, 0.6) is 5.88 Å². The third kappa shape index (κ3) is 3.67. The van der Waals surface area contributed by atoms with Crippen LogP contribution in [0.2, 0.25) is 0 Å². The topological polar surface area (TPSA) is 70.0 Å². The number of nitrogens with zero attached hydrogens (tertiary/aromatic N) is 5. The molecule has 1 fully saturated rings. The molecule has 166 valence electrons. The Balaban J connectivity index is 1.33. The van der Waals surface area contributed by atoms with Crippen LogP contribution in [0.3, 0.4) is 0 Å². The van der Waals surface area contributed by atoms with Crippen LogP contribution in [0.15, 0.2) is 83.5 Å². The molecule has 1 aliphatic rings. The summed E-state index contributed by atoms with van der Waals surface area (Å²) in [7, 11) is 0. The lowest BCUT2D eigenvalue weighted by Gasteiger charge is -2.40. The van der Waals surface area contributed by atoms with Gasteiger partial charge in [0, 0.05) is 31.9 Å². The molecule has 1 N–H and O–H groups in total. The zero-order chi connectivity index (χ0) is 22.2. The Kier molecular flexibility index (Phi) is 5.09. The molecule has 2 aromatic carbocycles. The average molecular weight is 458 g/mol. The first-order valence-corrected chi connectivity index (χ1v) is 11.8. The fraction of sp³-hybridized carbons (Fsp3) is 0.200. The van der Waals surface area contributed by atoms with Gasteiger partial charge in [-0.2, -0.15) is 9.50 Å². The van der Waals surface area contributed by atoms with Gasteiger partial charge in [-0.15, -0.1) is 5.10 Å². The molecule has 3 aromatic heterocycles. The monoisotopic (exact) mass is 457 g/mol. The zero-order valence-electron chi connectivity index (χ0n) is 17.9. The lowest BCUT2D eigenvalue weighted by atomic mass is 10.0. The molecule has 0 bridgehead atoms. The van der Waals surface area contributed by atoms with E-state index in [9.17, 15) is 5.11 Å². The van der Waals surface area contributed by atoms with Gasteiger partial charge in [0.1, 0.15) is 0 Å². The van der Waals surface area contributed by atoms with Crippen LogP contribution in [0.4, 0.5) is 5.69 Å². The van der Waals surface area contributed by atoms with E-state index in [0.29, 0.717) is 16.5 Å². The van der Waals surface area contributed by atoms with Crippen LogP contribution < -0.4 is 4.90 Å². The number of aromatic nitrogens is 3. The highest BCUT2D eigenvalue weighted by molar-refractivity contribution is 7.17. The van der Waals surface area contributed by atoms with E-state index < -0.39 is 0 Å². The minimum absolute atomic E-state index is 0.0651. The Morgan fingerprint density at radius 2 is 1.61 bits per heavy atom. The van der Waals surface area contributed by atoms with Gasteiger partial charge >= 0.3 is 0 Å². The van der Waals surface area contributed by atoms with Gasteiger partial charge in [0.05, 0.1) is 17.2 Å². The van der Waals surface area contributed by atoms with Crippen LogP contribution in [0.25, 0.3) is 16.5 Å².